The molecule has 0 bridgehead atoms. The van der Waals surface area contributed by atoms with Gasteiger partial charge in [0.15, 0.2) is 23.4 Å². The minimum absolute atomic E-state index is 0.0141. The van der Waals surface area contributed by atoms with Gasteiger partial charge in [-0.3, -0.25) is 8.98 Å². The van der Waals surface area contributed by atoms with E-state index in [1.807, 2.05) is 25.1 Å². The summed E-state index contributed by atoms with van der Waals surface area (Å²) in [6, 6.07) is 24.9. The Morgan fingerprint density at radius 2 is 1.54 bits per heavy atom. The van der Waals surface area contributed by atoms with Gasteiger partial charge in [0.05, 0.1) is 17.1 Å². The van der Waals surface area contributed by atoms with Gasteiger partial charge < -0.3 is 19.8 Å². The summed E-state index contributed by atoms with van der Waals surface area (Å²) in [5.41, 5.74) is 7.62. The molecule has 5 unspecified atom stereocenters. The number of carbonyl (C=O) groups is 1. The van der Waals surface area contributed by atoms with Crippen LogP contribution in [0.5, 0.6) is 11.5 Å². The van der Waals surface area contributed by atoms with Crippen LogP contribution in [0.3, 0.4) is 0 Å². The molecule has 0 saturated heterocycles. The quantitative estimate of drug-likeness (QED) is 0.274. The average Bonchev–Trinajstić information content (AvgIpc) is 3.89. The summed E-state index contributed by atoms with van der Waals surface area (Å²) in [5, 5.41) is 12.1. The number of nitrogens with two attached hydrogens (primary N) is 1. The normalized spacial score (nSPS) is 29.7. The van der Waals surface area contributed by atoms with E-state index in [4.69, 9.17) is 18.8 Å². The summed E-state index contributed by atoms with van der Waals surface area (Å²) < 4.78 is 31.7. The first-order chi connectivity index (χ1) is 23.2. The minimum Gasteiger partial charge on any atom is -0.477 e. The largest absolute Gasteiger partial charge is 0.477 e. The van der Waals surface area contributed by atoms with Crippen LogP contribution in [0.2, 0.25) is 0 Å². The Morgan fingerprint density at radius 3 is 2.12 bits per heavy atom. The second kappa shape index (κ2) is 13.3. The van der Waals surface area contributed by atoms with E-state index < -0.39 is 28.5 Å². The SMILES string of the molecule is Cc1ccc(OS(=O)OC2CCC(c3ccccc3)(c3ccccc3)CC2)c2c1C13CCCC(C)C1(O)CCC(=O)C3O2.NCC1CC1. The van der Waals surface area contributed by atoms with E-state index in [9.17, 15) is 14.1 Å². The van der Waals surface area contributed by atoms with Gasteiger partial charge in [-0.1, -0.05) is 80.1 Å². The molecule has 0 radical (unpaired) electrons. The van der Waals surface area contributed by atoms with Crippen LogP contribution in [0, 0.1) is 18.8 Å². The second-order valence-corrected chi connectivity index (χ2v) is 15.6. The maximum atomic E-state index is 13.3. The van der Waals surface area contributed by atoms with Crippen molar-refractivity contribution in [2.45, 2.75) is 113 Å². The van der Waals surface area contributed by atoms with Crippen molar-refractivity contribution in [3.63, 3.8) is 0 Å². The molecule has 4 fully saturated rings. The van der Waals surface area contributed by atoms with Crippen molar-refractivity contribution in [2.75, 3.05) is 6.54 Å². The van der Waals surface area contributed by atoms with Crippen molar-refractivity contribution in [3.05, 3.63) is 95.1 Å². The lowest BCUT2D eigenvalue weighted by Crippen LogP contribution is -2.67. The lowest BCUT2D eigenvalue weighted by molar-refractivity contribution is -0.171. The fourth-order valence-corrected chi connectivity index (χ4v) is 10.0. The van der Waals surface area contributed by atoms with Crippen LogP contribution in [0.15, 0.2) is 72.8 Å². The number of fused-ring (bicyclic) bond motifs is 1. The zero-order valence-corrected chi connectivity index (χ0v) is 29.0. The van der Waals surface area contributed by atoms with E-state index in [2.05, 4.69) is 55.5 Å². The van der Waals surface area contributed by atoms with Crippen molar-refractivity contribution in [2.24, 2.45) is 17.6 Å². The zero-order chi connectivity index (χ0) is 33.5. The van der Waals surface area contributed by atoms with Crippen molar-refractivity contribution in [3.8, 4) is 11.5 Å². The number of Topliss-reactive ketones (excluding diaryl/α,β-unsaturated/α-hetero) is 1. The number of hydrogen-bond donors (Lipinski definition) is 2. The van der Waals surface area contributed by atoms with E-state index in [-0.39, 0.29) is 23.2 Å². The highest BCUT2D eigenvalue weighted by Crippen LogP contribution is 2.64. The summed E-state index contributed by atoms with van der Waals surface area (Å²) in [6.45, 7) is 4.99. The molecule has 3 aromatic rings. The molecule has 5 aliphatic rings. The Balaban J connectivity index is 0.000000669. The number of aryl methyl sites for hydroxylation is 1. The fraction of sp³-hybridized carbons (Fsp3) is 0.525. The van der Waals surface area contributed by atoms with E-state index in [0.717, 1.165) is 62.1 Å². The van der Waals surface area contributed by atoms with E-state index in [1.54, 1.807) is 6.07 Å². The summed E-state index contributed by atoms with van der Waals surface area (Å²) in [4.78, 5) is 13.2. The predicted molar refractivity (Wildman–Crippen MR) is 187 cm³/mol. The highest BCUT2D eigenvalue weighted by Gasteiger charge is 2.69. The molecular formula is C40H49NO6S. The highest BCUT2D eigenvalue weighted by atomic mass is 32.2. The minimum atomic E-state index is -2.06. The third kappa shape index (κ3) is 5.72. The number of ether oxygens (including phenoxy) is 1. The number of rotatable bonds is 7. The molecule has 7 nitrogen and oxygen atoms in total. The molecule has 5 atom stereocenters. The van der Waals surface area contributed by atoms with Gasteiger partial charge in [0, 0.05) is 17.4 Å². The fourth-order valence-electron chi connectivity index (χ4n) is 9.28. The molecule has 256 valence electrons. The molecule has 1 heterocycles. The van der Waals surface area contributed by atoms with Gasteiger partial charge in [0.1, 0.15) is 0 Å². The van der Waals surface area contributed by atoms with Gasteiger partial charge in [-0.25, -0.2) is 0 Å². The Kier molecular flexibility index (Phi) is 9.30. The average molecular weight is 672 g/mol. The molecule has 4 saturated carbocycles. The molecule has 0 amide bonds. The maximum Gasteiger partial charge on any atom is 0.360 e. The summed E-state index contributed by atoms with van der Waals surface area (Å²) >= 11 is -2.06. The number of aliphatic hydroxyl groups is 1. The number of hydrogen-bond acceptors (Lipinski definition) is 7. The molecule has 1 spiro atoms. The van der Waals surface area contributed by atoms with Crippen LogP contribution >= 0.6 is 0 Å². The molecule has 3 N–H and O–H groups in total. The van der Waals surface area contributed by atoms with Crippen LogP contribution < -0.4 is 14.7 Å². The molecule has 8 rings (SSSR count). The molecule has 8 heteroatoms. The van der Waals surface area contributed by atoms with Gasteiger partial charge in [-0.05, 0) is 106 Å². The maximum absolute atomic E-state index is 13.3. The lowest BCUT2D eigenvalue weighted by atomic mass is 9.49. The number of benzene rings is 3. The second-order valence-electron chi connectivity index (χ2n) is 14.8. The molecule has 1 aliphatic heterocycles. The van der Waals surface area contributed by atoms with E-state index in [1.165, 1.54) is 24.0 Å². The first kappa shape index (κ1) is 33.5. The monoisotopic (exact) mass is 671 g/mol. The van der Waals surface area contributed by atoms with Gasteiger partial charge in [0.25, 0.3) is 0 Å². The van der Waals surface area contributed by atoms with Crippen molar-refractivity contribution in [1.82, 2.24) is 0 Å². The molecule has 0 aromatic heterocycles. The predicted octanol–water partition coefficient (Wildman–Crippen LogP) is 7.17. The van der Waals surface area contributed by atoms with Crippen molar-refractivity contribution >= 4 is 17.1 Å². The highest BCUT2D eigenvalue weighted by molar-refractivity contribution is 7.75. The summed E-state index contributed by atoms with van der Waals surface area (Å²) in [6.07, 6.45) is 8.24. The van der Waals surface area contributed by atoms with Crippen LogP contribution in [-0.2, 0) is 31.2 Å². The lowest BCUT2D eigenvalue weighted by Gasteiger charge is -2.56. The Bertz CT molecular complexity index is 1590. The Hall–Kier alpha value is -3.04. The van der Waals surface area contributed by atoms with Crippen LogP contribution in [0.1, 0.15) is 99.8 Å². The van der Waals surface area contributed by atoms with Crippen molar-refractivity contribution in [1.29, 1.82) is 0 Å². The molecule has 3 aromatic carbocycles. The van der Waals surface area contributed by atoms with E-state index >= 15 is 0 Å². The van der Waals surface area contributed by atoms with Gasteiger partial charge in [-0.2, -0.15) is 4.21 Å². The van der Waals surface area contributed by atoms with Gasteiger partial charge >= 0.3 is 11.4 Å². The molecule has 48 heavy (non-hydrogen) atoms. The van der Waals surface area contributed by atoms with Crippen LogP contribution in [0.4, 0.5) is 0 Å². The Labute approximate surface area is 287 Å². The van der Waals surface area contributed by atoms with E-state index in [0.29, 0.717) is 30.8 Å². The molecular weight excluding hydrogens is 623 g/mol. The topological polar surface area (TPSA) is 108 Å². The standard InChI is InChI=1S/C36H40O6S.C4H9N/c1-24-15-16-30(32-31(24)35-20-9-10-25(2)36(35,38)23-19-29(37)33(35)40-32)42-43(39)41-28-17-21-34(22-18-28,26-11-5-3-6-12-26)27-13-7-4-8-14-27;5-3-4-1-2-4/h3-8,11-16,25,28,33,38H,9-10,17-23H2,1-2H3;4H,1-3,5H2. The third-order valence-corrected chi connectivity index (χ3v) is 12.9. The van der Waals surface area contributed by atoms with Gasteiger partial charge in [0.2, 0.25) is 0 Å². The third-order valence-electron chi connectivity index (χ3n) is 12.1. The Morgan fingerprint density at radius 1 is 0.896 bits per heavy atom. The summed E-state index contributed by atoms with van der Waals surface area (Å²) in [7, 11) is 0. The van der Waals surface area contributed by atoms with Crippen molar-refractivity contribution < 1.29 is 27.2 Å². The first-order valence-electron chi connectivity index (χ1n) is 17.9. The van der Waals surface area contributed by atoms with Crippen LogP contribution in [-0.4, -0.2) is 39.5 Å². The first-order valence-corrected chi connectivity index (χ1v) is 18.9. The number of carbonyl (C=O) groups excluding carboxylic acids is 1. The smallest absolute Gasteiger partial charge is 0.360 e. The van der Waals surface area contributed by atoms with Crippen LogP contribution in [0.25, 0.3) is 0 Å². The van der Waals surface area contributed by atoms with Gasteiger partial charge in [-0.15, -0.1) is 0 Å². The summed E-state index contributed by atoms with van der Waals surface area (Å²) in [5.74, 6) is 1.70. The number of ketones is 1. The zero-order valence-electron chi connectivity index (χ0n) is 28.2. The molecule has 4 aliphatic carbocycles.